The fraction of sp³-hybridized carbons (Fsp3) is 0.294. The summed E-state index contributed by atoms with van der Waals surface area (Å²) in [7, 11) is 0. The van der Waals surface area contributed by atoms with Gasteiger partial charge in [-0.3, -0.25) is 0 Å². The molecule has 0 aliphatic rings. The summed E-state index contributed by atoms with van der Waals surface area (Å²) in [5.74, 6) is 0. The van der Waals surface area contributed by atoms with Crippen LogP contribution in [0.25, 0.3) is 0 Å². The highest BCUT2D eigenvalue weighted by atomic mass is 35.5. The van der Waals surface area contributed by atoms with E-state index in [1.54, 1.807) is 11.8 Å². The van der Waals surface area contributed by atoms with Crippen LogP contribution < -0.4 is 5.73 Å². The number of aryl methyl sites for hydroxylation is 1. The molecule has 106 valence electrons. The molecule has 0 spiro atoms. The van der Waals surface area contributed by atoms with Crippen molar-refractivity contribution in [3.05, 3.63) is 58.6 Å². The van der Waals surface area contributed by atoms with Gasteiger partial charge in [0.2, 0.25) is 0 Å². The third-order valence-corrected chi connectivity index (χ3v) is 4.64. The fourth-order valence-electron chi connectivity index (χ4n) is 1.93. The smallest absolute Gasteiger partial charge is 0.0449 e. The Morgan fingerprint density at radius 1 is 1.10 bits per heavy atom. The van der Waals surface area contributed by atoms with E-state index in [4.69, 9.17) is 17.3 Å². The fourth-order valence-corrected chi connectivity index (χ4v) is 3.11. The Hall–Kier alpha value is -0.960. The predicted octanol–water partition coefficient (Wildman–Crippen LogP) is 5.08. The van der Waals surface area contributed by atoms with Crippen molar-refractivity contribution in [2.45, 2.75) is 42.5 Å². The first-order valence-corrected chi connectivity index (χ1v) is 8.06. The molecular formula is C17H20ClNS. The van der Waals surface area contributed by atoms with Crippen LogP contribution in [0.3, 0.4) is 0 Å². The Morgan fingerprint density at radius 2 is 1.75 bits per heavy atom. The van der Waals surface area contributed by atoms with Crippen LogP contribution in [0.15, 0.2) is 52.3 Å². The topological polar surface area (TPSA) is 26.0 Å². The van der Waals surface area contributed by atoms with Crippen LogP contribution in [-0.4, -0.2) is 6.04 Å². The molecule has 0 aliphatic heterocycles. The minimum absolute atomic E-state index is 0.183. The Kier molecular flexibility index (Phi) is 5.53. The molecule has 0 saturated carbocycles. The van der Waals surface area contributed by atoms with Gasteiger partial charge in [-0.25, -0.2) is 0 Å². The van der Waals surface area contributed by atoms with E-state index in [0.29, 0.717) is 0 Å². The molecule has 0 aromatic heterocycles. The van der Waals surface area contributed by atoms with Crippen molar-refractivity contribution < 1.29 is 0 Å². The zero-order chi connectivity index (χ0) is 14.5. The lowest BCUT2D eigenvalue weighted by molar-refractivity contribution is 0.646. The summed E-state index contributed by atoms with van der Waals surface area (Å²) < 4.78 is 0. The summed E-state index contributed by atoms with van der Waals surface area (Å²) in [5, 5.41) is 0.811. The van der Waals surface area contributed by atoms with Crippen LogP contribution >= 0.6 is 23.4 Å². The van der Waals surface area contributed by atoms with Gasteiger partial charge in [0, 0.05) is 20.9 Å². The van der Waals surface area contributed by atoms with Gasteiger partial charge in [-0.2, -0.15) is 0 Å². The van der Waals surface area contributed by atoms with Gasteiger partial charge in [-0.05, 0) is 49.6 Å². The number of nitrogens with two attached hydrogens (primary N) is 1. The minimum atomic E-state index is 0.183. The number of hydrogen-bond acceptors (Lipinski definition) is 2. The van der Waals surface area contributed by atoms with E-state index in [-0.39, 0.29) is 6.04 Å². The number of hydrogen-bond donors (Lipinski definition) is 1. The van der Waals surface area contributed by atoms with Gasteiger partial charge < -0.3 is 5.73 Å². The lowest BCUT2D eigenvalue weighted by Crippen LogP contribution is -2.21. The molecule has 2 N–H and O–H groups in total. The monoisotopic (exact) mass is 305 g/mol. The molecule has 20 heavy (non-hydrogen) atoms. The Labute approximate surface area is 130 Å². The summed E-state index contributed by atoms with van der Waals surface area (Å²) in [4.78, 5) is 2.39. The van der Waals surface area contributed by atoms with E-state index in [1.807, 2.05) is 6.07 Å². The molecule has 0 amide bonds. The average Bonchev–Trinajstić information content (AvgIpc) is 2.44. The second kappa shape index (κ2) is 7.16. The van der Waals surface area contributed by atoms with E-state index in [9.17, 15) is 0 Å². The van der Waals surface area contributed by atoms with Crippen molar-refractivity contribution in [3.63, 3.8) is 0 Å². The van der Waals surface area contributed by atoms with Crippen LogP contribution in [-0.2, 0) is 6.42 Å². The maximum Gasteiger partial charge on any atom is 0.0449 e. The van der Waals surface area contributed by atoms with Crippen molar-refractivity contribution in [1.82, 2.24) is 0 Å². The first-order valence-electron chi connectivity index (χ1n) is 6.87. The SMILES string of the molecule is CCC(N)Cc1ccc(Sc2ccc(C)cc2)cc1Cl. The lowest BCUT2D eigenvalue weighted by Gasteiger charge is -2.11. The van der Waals surface area contributed by atoms with Crippen molar-refractivity contribution in [2.75, 3.05) is 0 Å². The summed E-state index contributed by atoms with van der Waals surface area (Å²) in [6.45, 7) is 4.19. The quantitative estimate of drug-likeness (QED) is 0.833. The van der Waals surface area contributed by atoms with E-state index >= 15 is 0 Å². The molecule has 0 fully saturated rings. The van der Waals surface area contributed by atoms with Gasteiger partial charge in [0.15, 0.2) is 0 Å². The van der Waals surface area contributed by atoms with Gasteiger partial charge in [0.05, 0.1) is 0 Å². The second-order valence-electron chi connectivity index (χ2n) is 5.04. The van der Waals surface area contributed by atoms with Crippen molar-refractivity contribution in [3.8, 4) is 0 Å². The number of halogens is 1. The maximum absolute atomic E-state index is 6.35. The minimum Gasteiger partial charge on any atom is -0.327 e. The van der Waals surface area contributed by atoms with Crippen LogP contribution in [0.5, 0.6) is 0 Å². The van der Waals surface area contributed by atoms with Gasteiger partial charge in [0.25, 0.3) is 0 Å². The highest BCUT2D eigenvalue weighted by Crippen LogP contribution is 2.31. The first-order chi connectivity index (χ1) is 9.58. The molecular weight excluding hydrogens is 286 g/mol. The zero-order valence-electron chi connectivity index (χ0n) is 11.9. The number of rotatable bonds is 5. The largest absolute Gasteiger partial charge is 0.327 e. The van der Waals surface area contributed by atoms with Gasteiger partial charge in [0.1, 0.15) is 0 Å². The third kappa shape index (κ3) is 4.27. The maximum atomic E-state index is 6.35. The molecule has 0 radical (unpaired) electrons. The standard InChI is InChI=1S/C17H20ClNS/c1-3-14(19)10-13-6-9-16(11-17(13)18)20-15-7-4-12(2)5-8-15/h4-9,11,14H,3,10,19H2,1-2H3. The highest BCUT2D eigenvalue weighted by molar-refractivity contribution is 7.99. The lowest BCUT2D eigenvalue weighted by atomic mass is 10.1. The van der Waals surface area contributed by atoms with Crippen LogP contribution in [0.2, 0.25) is 5.02 Å². The van der Waals surface area contributed by atoms with Crippen LogP contribution in [0.1, 0.15) is 24.5 Å². The average molecular weight is 306 g/mol. The van der Waals surface area contributed by atoms with Crippen molar-refractivity contribution >= 4 is 23.4 Å². The molecule has 3 heteroatoms. The molecule has 2 rings (SSSR count). The predicted molar refractivity (Wildman–Crippen MR) is 88.7 cm³/mol. The molecule has 1 nitrogen and oxygen atoms in total. The van der Waals surface area contributed by atoms with E-state index < -0.39 is 0 Å². The van der Waals surface area contributed by atoms with E-state index in [2.05, 4.69) is 50.2 Å². The van der Waals surface area contributed by atoms with Crippen LogP contribution in [0, 0.1) is 6.92 Å². The van der Waals surface area contributed by atoms with E-state index in [0.717, 1.165) is 28.3 Å². The van der Waals surface area contributed by atoms with E-state index in [1.165, 1.54) is 10.5 Å². The van der Waals surface area contributed by atoms with Gasteiger partial charge >= 0.3 is 0 Å². The molecule has 2 aromatic rings. The molecule has 1 unspecified atom stereocenters. The molecule has 0 saturated heterocycles. The summed E-state index contributed by atoms with van der Waals surface area (Å²) >= 11 is 8.08. The molecule has 0 heterocycles. The van der Waals surface area contributed by atoms with Gasteiger partial charge in [-0.15, -0.1) is 0 Å². The Balaban J connectivity index is 2.10. The molecule has 0 aliphatic carbocycles. The highest BCUT2D eigenvalue weighted by Gasteiger charge is 2.07. The van der Waals surface area contributed by atoms with Crippen molar-refractivity contribution in [2.24, 2.45) is 5.73 Å². The summed E-state index contributed by atoms with van der Waals surface area (Å²) in [6, 6.07) is 14.9. The Bertz CT molecular complexity index is 566. The molecule has 2 aromatic carbocycles. The second-order valence-corrected chi connectivity index (χ2v) is 6.59. The van der Waals surface area contributed by atoms with Gasteiger partial charge in [-0.1, -0.05) is 54.0 Å². The summed E-state index contributed by atoms with van der Waals surface area (Å²) in [5.41, 5.74) is 8.39. The van der Waals surface area contributed by atoms with Crippen molar-refractivity contribution in [1.29, 1.82) is 0 Å². The summed E-state index contributed by atoms with van der Waals surface area (Å²) in [6.07, 6.45) is 1.81. The third-order valence-electron chi connectivity index (χ3n) is 3.29. The molecule has 0 bridgehead atoms. The number of benzene rings is 2. The van der Waals surface area contributed by atoms with Crippen LogP contribution in [0.4, 0.5) is 0 Å². The first kappa shape index (κ1) is 15.4. The zero-order valence-corrected chi connectivity index (χ0v) is 13.5. The Morgan fingerprint density at radius 3 is 2.35 bits per heavy atom. The normalized spacial score (nSPS) is 12.4. The molecule has 1 atom stereocenters.